The zero-order chi connectivity index (χ0) is 13.3. The van der Waals surface area contributed by atoms with Crippen LogP contribution in [0.15, 0.2) is 12.1 Å². The van der Waals surface area contributed by atoms with Crippen LogP contribution < -0.4 is 0 Å². The largest absolute Gasteiger partial charge is 0.269 e. The Morgan fingerprint density at radius 1 is 1.39 bits per heavy atom. The third-order valence-electron chi connectivity index (χ3n) is 2.91. The third-order valence-corrected chi connectivity index (χ3v) is 3.19. The van der Waals surface area contributed by atoms with Gasteiger partial charge < -0.3 is 0 Å². The Bertz CT molecular complexity index is 637. The minimum Gasteiger partial charge on any atom is -0.269 e. The predicted octanol–water partition coefficient (Wildman–Crippen LogP) is 3.11. The molecule has 0 aromatic carbocycles. The molecule has 2 heterocycles. The summed E-state index contributed by atoms with van der Waals surface area (Å²) in [4.78, 5) is 4.27. The fraction of sp³-hybridized carbons (Fsp3) is 0.308. The van der Waals surface area contributed by atoms with E-state index in [1.807, 2.05) is 31.5 Å². The Balaban J connectivity index is 2.59. The summed E-state index contributed by atoms with van der Waals surface area (Å²) in [6.45, 7) is 6.81. The van der Waals surface area contributed by atoms with E-state index < -0.39 is 0 Å². The summed E-state index contributed by atoms with van der Waals surface area (Å²) in [5.74, 6) is 0. The molecule has 92 valence electrons. The summed E-state index contributed by atoms with van der Waals surface area (Å²) in [7, 11) is 0. The van der Waals surface area contributed by atoms with E-state index in [0.717, 1.165) is 29.2 Å². The molecule has 0 saturated heterocycles. The highest BCUT2D eigenvalue weighted by molar-refractivity contribution is 6.30. The first-order valence-corrected chi connectivity index (χ1v) is 6.07. The van der Waals surface area contributed by atoms with Crippen LogP contribution in [0.1, 0.15) is 23.9 Å². The van der Waals surface area contributed by atoms with E-state index in [2.05, 4.69) is 10.1 Å². The van der Waals surface area contributed by atoms with Crippen LogP contribution in [0.4, 0.5) is 0 Å². The average molecular weight is 261 g/mol. The maximum Gasteiger partial charge on any atom is 0.147 e. The quantitative estimate of drug-likeness (QED) is 0.780. The average Bonchev–Trinajstić information content (AvgIpc) is 2.64. The van der Waals surface area contributed by atoms with Crippen molar-refractivity contribution in [2.45, 2.75) is 27.3 Å². The highest BCUT2D eigenvalue weighted by Gasteiger charge is 2.15. The van der Waals surface area contributed by atoms with Crippen LogP contribution in [0.5, 0.6) is 0 Å². The Morgan fingerprint density at radius 3 is 2.61 bits per heavy atom. The van der Waals surface area contributed by atoms with Gasteiger partial charge in [-0.1, -0.05) is 11.6 Å². The summed E-state index contributed by atoms with van der Waals surface area (Å²) >= 11 is 5.96. The predicted molar refractivity (Wildman–Crippen MR) is 70.3 cm³/mol. The van der Waals surface area contributed by atoms with E-state index in [4.69, 9.17) is 16.9 Å². The monoisotopic (exact) mass is 260 g/mol. The topological polar surface area (TPSA) is 54.5 Å². The van der Waals surface area contributed by atoms with Crippen molar-refractivity contribution in [2.75, 3.05) is 0 Å². The molecule has 0 fully saturated rings. The SMILES string of the molecule is CCn1nc(C)c(-c2ccc(C#N)c(Cl)n2)c1C. The third kappa shape index (κ3) is 1.98. The highest BCUT2D eigenvalue weighted by atomic mass is 35.5. The van der Waals surface area contributed by atoms with E-state index >= 15 is 0 Å². The van der Waals surface area contributed by atoms with Crippen molar-refractivity contribution < 1.29 is 0 Å². The minimum atomic E-state index is 0.234. The van der Waals surface area contributed by atoms with Gasteiger partial charge in [-0.25, -0.2) is 4.98 Å². The summed E-state index contributed by atoms with van der Waals surface area (Å²) in [6.07, 6.45) is 0. The first kappa shape index (κ1) is 12.6. The first-order chi connectivity index (χ1) is 8.58. The van der Waals surface area contributed by atoms with E-state index in [0.29, 0.717) is 5.56 Å². The Kier molecular flexibility index (Phi) is 3.35. The van der Waals surface area contributed by atoms with E-state index in [1.165, 1.54) is 0 Å². The fourth-order valence-electron chi connectivity index (χ4n) is 2.03. The molecule has 0 radical (unpaired) electrons. The smallest absolute Gasteiger partial charge is 0.147 e. The number of aromatic nitrogens is 3. The molecule has 0 spiro atoms. The summed E-state index contributed by atoms with van der Waals surface area (Å²) < 4.78 is 1.93. The summed E-state index contributed by atoms with van der Waals surface area (Å²) in [5, 5.41) is 13.5. The molecule has 0 N–H and O–H groups in total. The second kappa shape index (κ2) is 4.79. The molecule has 0 aliphatic carbocycles. The van der Waals surface area contributed by atoms with Gasteiger partial charge in [0, 0.05) is 17.8 Å². The number of rotatable bonds is 2. The lowest BCUT2D eigenvalue weighted by Crippen LogP contribution is -1.98. The number of halogens is 1. The van der Waals surface area contributed by atoms with Crippen molar-refractivity contribution in [2.24, 2.45) is 0 Å². The molecule has 0 aliphatic rings. The van der Waals surface area contributed by atoms with E-state index in [9.17, 15) is 0 Å². The molecule has 5 heteroatoms. The van der Waals surface area contributed by atoms with Crippen molar-refractivity contribution in [1.29, 1.82) is 5.26 Å². The molecule has 0 aliphatic heterocycles. The summed E-state index contributed by atoms with van der Waals surface area (Å²) in [6, 6.07) is 5.50. The summed E-state index contributed by atoms with van der Waals surface area (Å²) in [5.41, 5.74) is 4.11. The van der Waals surface area contributed by atoms with Gasteiger partial charge in [-0.2, -0.15) is 10.4 Å². The van der Waals surface area contributed by atoms with Crippen LogP contribution >= 0.6 is 11.6 Å². The van der Waals surface area contributed by atoms with Gasteiger partial charge in [0.05, 0.1) is 17.0 Å². The second-order valence-electron chi connectivity index (χ2n) is 4.01. The molecule has 2 rings (SSSR count). The molecule has 0 bridgehead atoms. The van der Waals surface area contributed by atoms with Crippen molar-refractivity contribution in [3.05, 3.63) is 34.2 Å². The Labute approximate surface area is 111 Å². The van der Waals surface area contributed by atoms with Gasteiger partial charge in [0.1, 0.15) is 11.2 Å². The molecule has 0 saturated carbocycles. The van der Waals surface area contributed by atoms with Crippen LogP contribution in [0, 0.1) is 25.2 Å². The Morgan fingerprint density at radius 2 is 2.11 bits per heavy atom. The van der Waals surface area contributed by atoms with Gasteiger partial charge >= 0.3 is 0 Å². The molecule has 0 unspecified atom stereocenters. The molecule has 0 amide bonds. The molecule has 4 nitrogen and oxygen atoms in total. The van der Waals surface area contributed by atoms with Crippen molar-refractivity contribution in [3.63, 3.8) is 0 Å². The van der Waals surface area contributed by atoms with Crippen molar-refractivity contribution >= 4 is 11.6 Å². The number of hydrogen-bond acceptors (Lipinski definition) is 3. The normalized spacial score (nSPS) is 10.4. The van der Waals surface area contributed by atoms with Gasteiger partial charge in [0.25, 0.3) is 0 Å². The fourth-order valence-corrected chi connectivity index (χ4v) is 2.23. The van der Waals surface area contributed by atoms with Gasteiger partial charge in [-0.05, 0) is 32.9 Å². The second-order valence-corrected chi connectivity index (χ2v) is 4.37. The van der Waals surface area contributed by atoms with Gasteiger partial charge in [0.15, 0.2) is 0 Å². The van der Waals surface area contributed by atoms with Crippen LogP contribution in [-0.2, 0) is 6.54 Å². The number of pyridine rings is 1. The lowest BCUT2D eigenvalue weighted by Gasteiger charge is -2.03. The number of aryl methyl sites for hydroxylation is 2. The minimum absolute atomic E-state index is 0.234. The standard InChI is InChI=1S/C13H13ClN4/c1-4-18-9(3)12(8(2)17-18)11-6-5-10(7-15)13(14)16-11/h5-6H,4H2,1-3H3. The molecule has 0 atom stereocenters. The molecular formula is C13H13ClN4. The first-order valence-electron chi connectivity index (χ1n) is 5.69. The molecule has 18 heavy (non-hydrogen) atoms. The van der Waals surface area contributed by atoms with Gasteiger partial charge in [-0.15, -0.1) is 0 Å². The van der Waals surface area contributed by atoms with Crippen LogP contribution in [0.25, 0.3) is 11.3 Å². The van der Waals surface area contributed by atoms with E-state index in [1.54, 1.807) is 12.1 Å². The highest BCUT2D eigenvalue weighted by Crippen LogP contribution is 2.27. The van der Waals surface area contributed by atoms with Crippen LogP contribution in [0.3, 0.4) is 0 Å². The van der Waals surface area contributed by atoms with Gasteiger partial charge in [-0.3, -0.25) is 4.68 Å². The van der Waals surface area contributed by atoms with Crippen LogP contribution in [-0.4, -0.2) is 14.8 Å². The Hall–Kier alpha value is -1.86. The number of nitriles is 1. The van der Waals surface area contributed by atoms with Crippen LogP contribution in [0.2, 0.25) is 5.15 Å². The lowest BCUT2D eigenvalue weighted by molar-refractivity contribution is 0.634. The maximum absolute atomic E-state index is 8.84. The lowest BCUT2D eigenvalue weighted by atomic mass is 10.1. The number of nitrogens with zero attached hydrogens (tertiary/aromatic N) is 4. The molecule has 2 aromatic rings. The molecule has 2 aromatic heterocycles. The zero-order valence-corrected chi connectivity index (χ0v) is 11.3. The number of hydrogen-bond donors (Lipinski definition) is 0. The zero-order valence-electron chi connectivity index (χ0n) is 10.5. The van der Waals surface area contributed by atoms with Gasteiger partial charge in [0.2, 0.25) is 0 Å². The molecular weight excluding hydrogens is 248 g/mol. The van der Waals surface area contributed by atoms with Crippen molar-refractivity contribution in [3.8, 4) is 17.3 Å². The van der Waals surface area contributed by atoms with Crippen molar-refractivity contribution in [1.82, 2.24) is 14.8 Å². The van der Waals surface area contributed by atoms with E-state index in [-0.39, 0.29) is 5.15 Å². The maximum atomic E-state index is 8.84.